The fourth-order valence-corrected chi connectivity index (χ4v) is 4.22. The molecule has 1 amide bonds. The molecule has 1 saturated heterocycles. The van der Waals surface area contributed by atoms with Crippen LogP contribution in [0.1, 0.15) is 44.5 Å². The van der Waals surface area contributed by atoms with Gasteiger partial charge in [-0.25, -0.2) is 9.97 Å². The summed E-state index contributed by atoms with van der Waals surface area (Å²) in [5, 5.41) is 11.7. The van der Waals surface area contributed by atoms with Crippen molar-refractivity contribution >= 4 is 28.2 Å². The number of aliphatic hydroxyl groups excluding tert-OH is 1. The van der Waals surface area contributed by atoms with E-state index in [1.807, 2.05) is 24.8 Å². The van der Waals surface area contributed by atoms with Crippen LogP contribution in [0.25, 0.3) is 16.5 Å². The lowest BCUT2D eigenvalue weighted by molar-refractivity contribution is -0.131. The predicted molar refractivity (Wildman–Crippen MR) is 125 cm³/mol. The van der Waals surface area contributed by atoms with Gasteiger partial charge in [0.05, 0.1) is 11.1 Å². The number of hydrogen-bond acceptors (Lipinski definition) is 5. The number of fused-ring (bicyclic) bond motifs is 1. The third kappa shape index (κ3) is 4.33. The number of aliphatic hydroxyl groups is 1. The van der Waals surface area contributed by atoms with E-state index in [1.165, 1.54) is 0 Å². The van der Waals surface area contributed by atoms with Crippen LogP contribution in [0.15, 0.2) is 47.8 Å². The first-order chi connectivity index (χ1) is 15.0. The number of carbonyl (C=O) groups is 1. The molecule has 2 aromatic rings. The summed E-state index contributed by atoms with van der Waals surface area (Å²) in [6, 6.07) is 6.21. The van der Waals surface area contributed by atoms with Crippen molar-refractivity contribution in [2.75, 3.05) is 31.1 Å². The molecule has 2 heterocycles. The van der Waals surface area contributed by atoms with Crippen LogP contribution in [0.5, 0.6) is 0 Å². The average molecular weight is 419 g/mol. The quantitative estimate of drug-likeness (QED) is 0.788. The van der Waals surface area contributed by atoms with Gasteiger partial charge in [-0.2, -0.15) is 0 Å². The number of carbonyl (C=O) groups excluding carboxylic acids is 1. The maximum atomic E-state index is 12.3. The van der Waals surface area contributed by atoms with Gasteiger partial charge in [0.25, 0.3) is 0 Å². The lowest BCUT2D eigenvalue weighted by Crippen LogP contribution is -2.49. The molecule has 1 aromatic carbocycles. The molecule has 1 N–H and O–H groups in total. The Balaban J connectivity index is 1.75. The van der Waals surface area contributed by atoms with Gasteiger partial charge in [-0.1, -0.05) is 25.1 Å². The molecule has 1 aliphatic carbocycles. The molecule has 0 unspecified atom stereocenters. The van der Waals surface area contributed by atoms with Gasteiger partial charge >= 0.3 is 0 Å². The molecule has 162 valence electrons. The summed E-state index contributed by atoms with van der Waals surface area (Å²) in [6.07, 6.45) is 7.99. The fraction of sp³-hybridized carbons (Fsp3) is 0.400. The van der Waals surface area contributed by atoms with Crippen LogP contribution in [0.4, 0.5) is 5.82 Å². The molecular formula is C25H30N4O2. The van der Waals surface area contributed by atoms with Crippen molar-refractivity contribution in [1.29, 1.82) is 0 Å². The second-order valence-electron chi connectivity index (χ2n) is 8.29. The van der Waals surface area contributed by atoms with E-state index in [9.17, 15) is 9.90 Å². The molecule has 0 atom stereocenters. The van der Waals surface area contributed by atoms with Crippen molar-refractivity contribution in [2.24, 2.45) is 0 Å². The molecule has 1 aromatic heterocycles. The minimum atomic E-state index is 0.194. The van der Waals surface area contributed by atoms with Gasteiger partial charge in [-0.15, -0.1) is 0 Å². The molecule has 4 rings (SSSR count). The van der Waals surface area contributed by atoms with E-state index in [0.29, 0.717) is 30.9 Å². The highest BCUT2D eigenvalue weighted by Crippen LogP contribution is 2.32. The van der Waals surface area contributed by atoms with E-state index < -0.39 is 0 Å². The van der Waals surface area contributed by atoms with Gasteiger partial charge in [-0.3, -0.25) is 4.79 Å². The third-order valence-corrected chi connectivity index (χ3v) is 5.94. The van der Waals surface area contributed by atoms with E-state index in [4.69, 9.17) is 9.97 Å². The van der Waals surface area contributed by atoms with Crippen LogP contribution in [0.3, 0.4) is 0 Å². The third-order valence-electron chi connectivity index (χ3n) is 5.94. The average Bonchev–Trinajstić information content (AvgIpc) is 2.93. The number of nitrogens with zero attached hydrogens (tertiary/aromatic N) is 4. The predicted octanol–water partition coefficient (Wildman–Crippen LogP) is 4.56. The minimum Gasteiger partial charge on any atom is -0.507 e. The summed E-state index contributed by atoms with van der Waals surface area (Å²) in [6.45, 7) is 8.93. The minimum absolute atomic E-state index is 0.194. The van der Waals surface area contributed by atoms with Crippen LogP contribution >= 0.6 is 0 Å². The lowest BCUT2D eigenvalue weighted by Gasteiger charge is -2.36. The topological polar surface area (TPSA) is 69.6 Å². The van der Waals surface area contributed by atoms with Gasteiger partial charge < -0.3 is 14.9 Å². The second-order valence-corrected chi connectivity index (χ2v) is 8.29. The van der Waals surface area contributed by atoms with Gasteiger partial charge in [0.15, 0.2) is 5.82 Å². The van der Waals surface area contributed by atoms with Gasteiger partial charge in [-0.05, 0) is 56.0 Å². The van der Waals surface area contributed by atoms with E-state index in [0.717, 1.165) is 53.8 Å². The Kier molecular flexibility index (Phi) is 6.07. The Morgan fingerprint density at radius 3 is 2.65 bits per heavy atom. The normalized spacial score (nSPS) is 17.2. The summed E-state index contributed by atoms with van der Waals surface area (Å²) in [4.78, 5) is 26.3. The van der Waals surface area contributed by atoms with Crippen LogP contribution in [-0.4, -0.2) is 52.1 Å². The molecule has 2 aliphatic rings. The Morgan fingerprint density at radius 1 is 1.13 bits per heavy atom. The zero-order chi connectivity index (χ0) is 22.0. The monoisotopic (exact) mass is 418 g/mol. The number of hydrogen-bond donors (Lipinski definition) is 1. The number of amides is 1. The molecule has 1 aliphatic heterocycles. The Labute approximate surface area is 183 Å². The molecule has 0 bridgehead atoms. The van der Waals surface area contributed by atoms with Crippen LogP contribution in [-0.2, 0) is 4.79 Å². The standard InChI is InChI=1S/C25H30N4O2/c1-4-7-22(31)28-12-14-29(15-13-28)25-19-11-10-17(2)16-20(19)26-24(27-25)23-18(3)8-5-6-9-21(23)30/h6,8-11,16,30H,4-5,7,12-15H2,1-3H3. The zero-order valence-electron chi connectivity index (χ0n) is 18.6. The maximum absolute atomic E-state index is 12.3. The summed E-state index contributed by atoms with van der Waals surface area (Å²) in [5.74, 6) is 1.82. The van der Waals surface area contributed by atoms with E-state index in [-0.39, 0.29) is 11.7 Å². The number of allylic oxidation sites excluding steroid dienone is 5. The molecular weight excluding hydrogens is 388 g/mol. The highest BCUT2D eigenvalue weighted by atomic mass is 16.3. The first-order valence-electron chi connectivity index (χ1n) is 11.1. The molecule has 0 spiro atoms. The van der Waals surface area contributed by atoms with Crippen LogP contribution < -0.4 is 4.90 Å². The Bertz CT molecular complexity index is 1090. The number of piperazine rings is 1. The summed E-state index contributed by atoms with van der Waals surface area (Å²) in [7, 11) is 0. The number of aromatic nitrogens is 2. The Hall–Kier alpha value is -3.15. The number of anilines is 1. The first kappa shape index (κ1) is 21.1. The lowest BCUT2D eigenvalue weighted by atomic mass is 10.0. The SMILES string of the molecule is CCCC(=O)N1CCN(c2nc(C3=C(O)C=CCC=C3C)nc3cc(C)ccc23)CC1. The van der Waals surface area contributed by atoms with Gasteiger partial charge in [0, 0.05) is 38.0 Å². The molecule has 31 heavy (non-hydrogen) atoms. The summed E-state index contributed by atoms with van der Waals surface area (Å²) in [5.41, 5.74) is 3.64. The first-order valence-corrected chi connectivity index (χ1v) is 11.1. The molecule has 1 fully saturated rings. The molecule has 6 heteroatoms. The zero-order valence-corrected chi connectivity index (χ0v) is 18.6. The molecule has 6 nitrogen and oxygen atoms in total. The van der Waals surface area contributed by atoms with E-state index in [1.54, 1.807) is 6.08 Å². The van der Waals surface area contributed by atoms with E-state index in [2.05, 4.69) is 36.1 Å². The van der Waals surface area contributed by atoms with Crippen molar-refractivity contribution < 1.29 is 9.90 Å². The van der Waals surface area contributed by atoms with Crippen LogP contribution in [0.2, 0.25) is 0 Å². The Morgan fingerprint density at radius 2 is 1.90 bits per heavy atom. The van der Waals surface area contributed by atoms with Crippen molar-refractivity contribution in [3.05, 3.63) is 59.1 Å². The number of rotatable bonds is 4. The molecule has 0 saturated carbocycles. The van der Waals surface area contributed by atoms with Crippen molar-refractivity contribution in [1.82, 2.24) is 14.9 Å². The summed E-state index contributed by atoms with van der Waals surface area (Å²) < 4.78 is 0. The fourth-order valence-electron chi connectivity index (χ4n) is 4.22. The van der Waals surface area contributed by atoms with Gasteiger partial charge in [0.2, 0.25) is 5.91 Å². The smallest absolute Gasteiger partial charge is 0.222 e. The van der Waals surface area contributed by atoms with Crippen molar-refractivity contribution in [3.8, 4) is 0 Å². The van der Waals surface area contributed by atoms with E-state index >= 15 is 0 Å². The second kappa shape index (κ2) is 8.92. The van der Waals surface area contributed by atoms with Crippen molar-refractivity contribution in [3.63, 3.8) is 0 Å². The maximum Gasteiger partial charge on any atom is 0.222 e. The van der Waals surface area contributed by atoms with Crippen LogP contribution in [0, 0.1) is 6.92 Å². The highest BCUT2D eigenvalue weighted by molar-refractivity contribution is 5.92. The number of aryl methyl sites for hydroxylation is 1. The highest BCUT2D eigenvalue weighted by Gasteiger charge is 2.24. The number of benzene rings is 1. The van der Waals surface area contributed by atoms with Crippen molar-refractivity contribution in [2.45, 2.75) is 40.0 Å². The molecule has 0 radical (unpaired) electrons. The largest absolute Gasteiger partial charge is 0.507 e. The van der Waals surface area contributed by atoms with Gasteiger partial charge in [0.1, 0.15) is 11.6 Å². The summed E-state index contributed by atoms with van der Waals surface area (Å²) >= 11 is 0.